The lowest BCUT2D eigenvalue weighted by atomic mass is 10.2. The van der Waals surface area contributed by atoms with E-state index in [2.05, 4.69) is 20.5 Å². The number of benzene rings is 1. The van der Waals surface area contributed by atoms with Crippen molar-refractivity contribution in [2.75, 3.05) is 19.1 Å². The molecule has 0 saturated heterocycles. The third-order valence-corrected chi connectivity index (χ3v) is 4.93. The van der Waals surface area contributed by atoms with E-state index in [1.165, 1.54) is 6.33 Å². The number of likely N-dealkylation sites (N-methyl/N-ethyl adjacent to an activating group) is 1. The van der Waals surface area contributed by atoms with Gasteiger partial charge in [-0.25, -0.2) is 14.3 Å². The summed E-state index contributed by atoms with van der Waals surface area (Å²) < 4.78 is 8.76. The van der Waals surface area contributed by atoms with Crippen molar-refractivity contribution in [1.82, 2.24) is 29.9 Å². The number of hydrogen-bond acceptors (Lipinski definition) is 6. The van der Waals surface area contributed by atoms with Gasteiger partial charge < -0.3 is 15.0 Å². The number of amides is 1. The van der Waals surface area contributed by atoms with Gasteiger partial charge in [-0.05, 0) is 12.5 Å². The first-order chi connectivity index (χ1) is 14.1. The maximum atomic E-state index is 12.7. The summed E-state index contributed by atoms with van der Waals surface area (Å²) >= 11 is 0. The van der Waals surface area contributed by atoms with E-state index in [1.807, 2.05) is 35.0 Å². The number of carbonyl (C=O) groups excluding carboxylic acids is 1. The summed E-state index contributed by atoms with van der Waals surface area (Å²) in [5, 5.41) is 19.8. The molecule has 0 unspecified atom stereocenters. The SMILES string of the molecule is COc1ccccc1Cn1cnc(C(=O)N[C@H]2CCn3nccc3N(C)C2=N)n1. The van der Waals surface area contributed by atoms with Crippen LogP contribution in [0.3, 0.4) is 0 Å². The Hall–Kier alpha value is -3.69. The highest BCUT2D eigenvalue weighted by Crippen LogP contribution is 2.20. The van der Waals surface area contributed by atoms with E-state index in [9.17, 15) is 4.79 Å². The van der Waals surface area contributed by atoms with Crippen LogP contribution >= 0.6 is 0 Å². The van der Waals surface area contributed by atoms with Gasteiger partial charge in [-0.15, -0.1) is 5.10 Å². The van der Waals surface area contributed by atoms with Crippen LogP contribution in [0, 0.1) is 5.41 Å². The van der Waals surface area contributed by atoms with Gasteiger partial charge in [0.15, 0.2) is 0 Å². The normalized spacial score (nSPS) is 16.3. The Kier molecular flexibility index (Phi) is 4.98. The number of para-hydroxylation sites is 1. The molecule has 2 aromatic heterocycles. The minimum absolute atomic E-state index is 0.0670. The fourth-order valence-electron chi connectivity index (χ4n) is 3.37. The molecule has 4 rings (SSSR count). The van der Waals surface area contributed by atoms with Crippen LogP contribution in [0.25, 0.3) is 0 Å². The Morgan fingerprint density at radius 1 is 1.34 bits per heavy atom. The zero-order valence-electron chi connectivity index (χ0n) is 16.2. The standard InChI is InChI=1S/C19H22N8O2/c1-25-16-7-9-22-27(16)10-8-14(17(25)20)23-19(28)18-21-12-26(24-18)11-13-5-3-4-6-15(13)29-2/h3-7,9,12,14,20H,8,10-11H2,1-2H3,(H,23,28)/t14-/m0/s1. The fourth-order valence-corrected chi connectivity index (χ4v) is 3.37. The van der Waals surface area contributed by atoms with Crippen molar-refractivity contribution in [3.63, 3.8) is 0 Å². The number of aromatic nitrogens is 5. The molecule has 10 nitrogen and oxygen atoms in total. The highest BCUT2D eigenvalue weighted by atomic mass is 16.5. The van der Waals surface area contributed by atoms with Crippen LogP contribution in [-0.4, -0.2) is 56.5 Å². The summed E-state index contributed by atoms with van der Waals surface area (Å²) in [7, 11) is 3.41. The van der Waals surface area contributed by atoms with Crippen LogP contribution < -0.4 is 15.0 Å². The number of anilines is 1. The Labute approximate surface area is 167 Å². The number of nitrogens with one attached hydrogen (secondary N) is 2. The molecule has 1 amide bonds. The fraction of sp³-hybridized carbons (Fsp3) is 0.316. The average molecular weight is 394 g/mol. The molecule has 1 aromatic carbocycles. The number of hydrogen-bond donors (Lipinski definition) is 2. The highest BCUT2D eigenvalue weighted by molar-refractivity contribution is 6.02. The first-order valence-corrected chi connectivity index (χ1v) is 9.23. The molecule has 0 bridgehead atoms. The van der Waals surface area contributed by atoms with Crippen molar-refractivity contribution in [1.29, 1.82) is 5.41 Å². The summed E-state index contributed by atoms with van der Waals surface area (Å²) in [6.45, 7) is 1.04. The second kappa shape index (κ2) is 7.74. The highest BCUT2D eigenvalue weighted by Gasteiger charge is 2.28. The van der Waals surface area contributed by atoms with Crippen molar-refractivity contribution in [3.8, 4) is 5.75 Å². The smallest absolute Gasteiger partial charge is 0.291 e. The summed E-state index contributed by atoms with van der Waals surface area (Å²) in [5.74, 6) is 1.53. The minimum atomic E-state index is -0.449. The van der Waals surface area contributed by atoms with Gasteiger partial charge in [-0.3, -0.25) is 10.2 Å². The van der Waals surface area contributed by atoms with E-state index in [1.54, 1.807) is 29.9 Å². The molecule has 3 aromatic rings. The predicted octanol–water partition coefficient (Wildman–Crippen LogP) is 1.15. The summed E-state index contributed by atoms with van der Waals surface area (Å²) in [6.07, 6.45) is 3.78. The molecular formula is C19H22N8O2. The maximum absolute atomic E-state index is 12.7. The molecular weight excluding hydrogens is 372 g/mol. The molecule has 2 N–H and O–H groups in total. The van der Waals surface area contributed by atoms with Gasteiger partial charge in [-0.2, -0.15) is 5.10 Å². The first kappa shape index (κ1) is 18.7. The number of fused-ring (bicyclic) bond motifs is 1. The van der Waals surface area contributed by atoms with Gasteiger partial charge in [0, 0.05) is 25.2 Å². The third kappa shape index (κ3) is 3.68. The monoisotopic (exact) mass is 394 g/mol. The molecule has 0 fully saturated rings. The number of ether oxygens (including phenoxy) is 1. The van der Waals surface area contributed by atoms with E-state index >= 15 is 0 Å². The van der Waals surface area contributed by atoms with E-state index in [0.717, 1.165) is 17.1 Å². The molecule has 1 aliphatic rings. The molecule has 29 heavy (non-hydrogen) atoms. The van der Waals surface area contributed by atoms with Crippen LogP contribution in [0.5, 0.6) is 5.75 Å². The number of nitrogens with zero attached hydrogens (tertiary/aromatic N) is 6. The molecule has 3 heterocycles. The number of aryl methyl sites for hydroxylation is 1. The summed E-state index contributed by atoms with van der Waals surface area (Å²) in [5.41, 5.74) is 0.938. The lowest BCUT2D eigenvalue weighted by Gasteiger charge is -2.23. The van der Waals surface area contributed by atoms with Gasteiger partial charge in [0.1, 0.15) is 23.7 Å². The van der Waals surface area contributed by atoms with Crippen molar-refractivity contribution in [3.05, 3.63) is 54.2 Å². The Morgan fingerprint density at radius 3 is 3.00 bits per heavy atom. The Morgan fingerprint density at radius 2 is 2.17 bits per heavy atom. The third-order valence-electron chi connectivity index (χ3n) is 4.93. The number of amidine groups is 1. The zero-order valence-corrected chi connectivity index (χ0v) is 16.2. The van der Waals surface area contributed by atoms with E-state index < -0.39 is 11.9 Å². The summed E-state index contributed by atoms with van der Waals surface area (Å²) in [4.78, 5) is 18.5. The average Bonchev–Trinajstić information content (AvgIpc) is 3.38. The second-order valence-corrected chi connectivity index (χ2v) is 6.75. The molecule has 1 aliphatic heterocycles. The van der Waals surface area contributed by atoms with Crippen LogP contribution in [0.1, 0.15) is 22.6 Å². The van der Waals surface area contributed by atoms with Crippen LogP contribution in [0.4, 0.5) is 5.82 Å². The van der Waals surface area contributed by atoms with Crippen molar-refractivity contribution >= 4 is 17.6 Å². The van der Waals surface area contributed by atoms with E-state index in [4.69, 9.17) is 10.1 Å². The van der Waals surface area contributed by atoms with Crippen molar-refractivity contribution in [2.24, 2.45) is 0 Å². The summed E-state index contributed by atoms with van der Waals surface area (Å²) in [6, 6.07) is 9.02. The van der Waals surface area contributed by atoms with Gasteiger partial charge in [0.05, 0.1) is 25.9 Å². The van der Waals surface area contributed by atoms with Gasteiger partial charge in [-0.1, -0.05) is 18.2 Å². The van der Waals surface area contributed by atoms with Gasteiger partial charge >= 0.3 is 0 Å². The predicted molar refractivity (Wildman–Crippen MR) is 106 cm³/mol. The van der Waals surface area contributed by atoms with Crippen LogP contribution in [0.15, 0.2) is 42.9 Å². The molecule has 150 valence electrons. The number of methoxy groups -OCH3 is 1. The lowest BCUT2D eigenvalue weighted by Crippen LogP contribution is -2.46. The number of rotatable bonds is 5. The van der Waals surface area contributed by atoms with Gasteiger partial charge in [0.25, 0.3) is 5.91 Å². The second-order valence-electron chi connectivity index (χ2n) is 6.75. The van der Waals surface area contributed by atoms with Crippen molar-refractivity contribution < 1.29 is 9.53 Å². The Bertz CT molecular complexity index is 1040. The van der Waals surface area contributed by atoms with Crippen LogP contribution in [-0.2, 0) is 13.1 Å². The molecule has 0 saturated carbocycles. The molecule has 0 radical (unpaired) electrons. The topological polar surface area (TPSA) is 114 Å². The van der Waals surface area contributed by atoms with E-state index in [0.29, 0.717) is 25.3 Å². The zero-order chi connectivity index (χ0) is 20.4. The quantitative estimate of drug-likeness (QED) is 0.671. The van der Waals surface area contributed by atoms with Gasteiger partial charge in [0.2, 0.25) is 5.82 Å². The maximum Gasteiger partial charge on any atom is 0.291 e. The first-order valence-electron chi connectivity index (χ1n) is 9.23. The molecule has 0 spiro atoms. The minimum Gasteiger partial charge on any atom is -0.496 e. The Balaban J connectivity index is 1.44. The van der Waals surface area contributed by atoms with E-state index in [-0.39, 0.29) is 5.82 Å². The van der Waals surface area contributed by atoms with Crippen LogP contribution in [0.2, 0.25) is 0 Å². The largest absolute Gasteiger partial charge is 0.496 e. The number of carbonyl (C=O) groups is 1. The molecule has 1 atom stereocenters. The van der Waals surface area contributed by atoms with Crippen molar-refractivity contribution in [2.45, 2.75) is 25.6 Å². The lowest BCUT2D eigenvalue weighted by molar-refractivity contribution is 0.0934. The molecule has 0 aliphatic carbocycles. The molecule has 10 heteroatoms.